The first-order chi connectivity index (χ1) is 7.42. The average Bonchev–Trinajstić information content (AvgIpc) is 2.16. The molecule has 1 rings (SSSR count). The van der Waals surface area contributed by atoms with Crippen molar-refractivity contribution in [3.8, 4) is 0 Å². The minimum atomic E-state index is -0.378. The zero-order valence-corrected chi connectivity index (χ0v) is 11.1. The van der Waals surface area contributed by atoms with Crippen LogP contribution in [0.1, 0.15) is 60.8 Å². The van der Waals surface area contributed by atoms with Crippen molar-refractivity contribution in [2.75, 3.05) is 13.1 Å². The third kappa shape index (κ3) is 5.94. The highest BCUT2D eigenvalue weighted by Crippen LogP contribution is 2.22. The summed E-state index contributed by atoms with van der Waals surface area (Å²) in [5.41, 5.74) is -0.378. The summed E-state index contributed by atoms with van der Waals surface area (Å²) in [6.45, 7) is 9.68. The van der Waals surface area contributed by atoms with Gasteiger partial charge in [0.25, 0.3) is 0 Å². The normalized spacial score (nSPS) is 17.5. The summed E-state index contributed by atoms with van der Waals surface area (Å²) in [6.07, 6.45) is 4.65. The van der Waals surface area contributed by atoms with Crippen LogP contribution in [-0.4, -0.2) is 29.7 Å². The number of carbonyl (C=O) groups is 1. The van der Waals surface area contributed by atoms with Gasteiger partial charge in [0.2, 0.25) is 0 Å². The number of amides is 1. The van der Waals surface area contributed by atoms with Crippen molar-refractivity contribution in [3.05, 3.63) is 0 Å². The summed E-state index contributed by atoms with van der Waals surface area (Å²) in [5.74, 6) is 0.809. The molecule has 0 bridgehead atoms. The van der Waals surface area contributed by atoms with Crippen LogP contribution in [0, 0.1) is 5.92 Å². The summed E-state index contributed by atoms with van der Waals surface area (Å²) in [7, 11) is 0. The van der Waals surface area contributed by atoms with E-state index in [4.69, 9.17) is 4.74 Å². The predicted octanol–water partition coefficient (Wildman–Crippen LogP) is 4.07. The molecule has 0 atom stereocenters. The first-order valence-electron chi connectivity index (χ1n) is 6.40. The molecule has 102 valence electrons. The lowest BCUT2D eigenvalue weighted by Gasteiger charge is -2.33. The molecule has 3 nitrogen and oxygen atoms in total. The van der Waals surface area contributed by atoms with Crippen molar-refractivity contribution < 1.29 is 9.53 Å². The summed E-state index contributed by atoms with van der Waals surface area (Å²) >= 11 is 0. The van der Waals surface area contributed by atoms with Crippen molar-refractivity contribution in [1.82, 2.24) is 4.90 Å². The van der Waals surface area contributed by atoms with Gasteiger partial charge in [-0.1, -0.05) is 27.2 Å². The van der Waals surface area contributed by atoms with Crippen molar-refractivity contribution in [2.45, 2.75) is 66.4 Å². The maximum Gasteiger partial charge on any atom is 0.410 e. The molecule has 0 radical (unpaired) electrons. The number of likely N-dealkylation sites (tertiary alicyclic amines) is 1. The first kappa shape index (κ1) is 16.3. The molecular weight excluding hydrogens is 214 g/mol. The van der Waals surface area contributed by atoms with Crippen LogP contribution < -0.4 is 0 Å². The third-order valence-electron chi connectivity index (χ3n) is 2.96. The molecule has 3 heteroatoms. The van der Waals surface area contributed by atoms with E-state index in [1.807, 2.05) is 25.7 Å². The van der Waals surface area contributed by atoms with E-state index in [1.165, 1.54) is 12.8 Å². The van der Waals surface area contributed by atoms with Gasteiger partial charge < -0.3 is 9.64 Å². The Labute approximate surface area is 107 Å². The number of piperidine rings is 1. The maximum atomic E-state index is 11.8. The Balaban J connectivity index is 0.00000256. The lowest BCUT2D eigenvalue weighted by molar-refractivity contribution is 0.0181. The predicted molar refractivity (Wildman–Crippen MR) is 72.2 cm³/mol. The molecule has 1 fully saturated rings. The number of nitrogens with zero attached hydrogens (tertiary/aromatic N) is 1. The molecule has 0 saturated carbocycles. The second-order valence-corrected chi connectivity index (χ2v) is 5.70. The molecular formula is C14H29NO2. The van der Waals surface area contributed by atoms with Crippen LogP contribution in [0.25, 0.3) is 0 Å². The summed E-state index contributed by atoms with van der Waals surface area (Å²) < 4.78 is 5.36. The molecule has 17 heavy (non-hydrogen) atoms. The topological polar surface area (TPSA) is 29.5 Å². The lowest BCUT2D eigenvalue weighted by Crippen LogP contribution is -2.41. The van der Waals surface area contributed by atoms with Gasteiger partial charge in [0.15, 0.2) is 0 Å². The largest absolute Gasteiger partial charge is 0.444 e. The SMILES string of the molecule is C.CCCC1CCN(C(=O)OC(C)(C)C)CC1. The van der Waals surface area contributed by atoms with Crippen LogP contribution in [0.5, 0.6) is 0 Å². The van der Waals surface area contributed by atoms with Gasteiger partial charge in [0.1, 0.15) is 5.60 Å². The summed E-state index contributed by atoms with van der Waals surface area (Å²) in [6, 6.07) is 0. The maximum absolute atomic E-state index is 11.8. The number of rotatable bonds is 2. The molecule has 1 heterocycles. The second kappa shape index (κ2) is 6.87. The quantitative estimate of drug-likeness (QED) is 0.731. The molecule has 1 aliphatic rings. The number of ether oxygens (including phenoxy) is 1. The van der Waals surface area contributed by atoms with E-state index in [0.29, 0.717) is 0 Å². The van der Waals surface area contributed by atoms with Gasteiger partial charge >= 0.3 is 6.09 Å². The zero-order valence-electron chi connectivity index (χ0n) is 11.1. The standard InChI is InChI=1S/C13H25NO2.CH4/c1-5-6-11-7-9-14(10-8-11)12(15)16-13(2,3)4;/h11H,5-10H2,1-4H3;1H4. The van der Waals surface area contributed by atoms with Crippen LogP contribution in [0.15, 0.2) is 0 Å². The van der Waals surface area contributed by atoms with Crippen LogP contribution in [-0.2, 0) is 4.74 Å². The Kier molecular flexibility index (Phi) is 6.58. The van der Waals surface area contributed by atoms with Gasteiger partial charge in [0.05, 0.1) is 0 Å². The zero-order chi connectivity index (χ0) is 12.2. The molecule has 1 aliphatic heterocycles. The highest BCUT2D eigenvalue weighted by Gasteiger charge is 2.26. The minimum Gasteiger partial charge on any atom is -0.444 e. The smallest absolute Gasteiger partial charge is 0.410 e. The molecule has 0 spiro atoms. The fourth-order valence-electron chi connectivity index (χ4n) is 2.14. The number of hydrogen-bond acceptors (Lipinski definition) is 2. The Bertz CT molecular complexity index is 225. The molecule has 0 aliphatic carbocycles. The van der Waals surface area contributed by atoms with E-state index >= 15 is 0 Å². The first-order valence-corrected chi connectivity index (χ1v) is 6.40. The monoisotopic (exact) mass is 243 g/mol. The molecule has 0 aromatic carbocycles. The van der Waals surface area contributed by atoms with Crippen LogP contribution in [0.4, 0.5) is 4.79 Å². The second-order valence-electron chi connectivity index (χ2n) is 5.70. The van der Waals surface area contributed by atoms with Crippen molar-refractivity contribution in [1.29, 1.82) is 0 Å². The number of hydrogen-bond donors (Lipinski definition) is 0. The van der Waals surface area contributed by atoms with Crippen molar-refractivity contribution in [3.63, 3.8) is 0 Å². The highest BCUT2D eigenvalue weighted by molar-refractivity contribution is 5.68. The van der Waals surface area contributed by atoms with Gasteiger partial charge in [-0.25, -0.2) is 4.79 Å². The van der Waals surface area contributed by atoms with Crippen molar-refractivity contribution in [2.24, 2.45) is 5.92 Å². The summed E-state index contributed by atoms with van der Waals surface area (Å²) in [4.78, 5) is 13.6. The van der Waals surface area contributed by atoms with E-state index in [0.717, 1.165) is 31.8 Å². The Hall–Kier alpha value is -0.730. The lowest BCUT2D eigenvalue weighted by atomic mass is 9.93. The number of carbonyl (C=O) groups excluding carboxylic acids is 1. The van der Waals surface area contributed by atoms with Crippen LogP contribution in [0.2, 0.25) is 0 Å². The van der Waals surface area contributed by atoms with Gasteiger partial charge in [-0.3, -0.25) is 0 Å². The molecule has 0 N–H and O–H groups in total. The minimum absolute atomic E-state index is 0. The van der Waals surface area contributed by atoms with E-state index in [2.05, 4.69) is 6.92 Å². The Morgan fingerprint density at radius 1 is 1.29 bits per heavy atom. The van der Waals surface area contributed by atoms with Gasteiger partial charge in [0, 0.05) is 13.1 Å². The molecule has 0 aromatic heterocycles. The molecule has 0 unspecified atom stereocenters. The Morgan fingerprint density at radius 2 is 1.82 bits per heavy atom. The van der Waals surface area contributed by atoms with Crippen LogP contribution >= 0.6 is 0 Å². The van der Waals surface area contributed by atoms with E-state index < -0.39 is 0 Å². The van der Waals surface area contributed by atoms with Crippen LogP contribution in [0.3, 0.4) is 0 Å². The molecule has 1 saturated heterocycles. The van der Waals surface area contributed by atoms with Crippen molar-refractivity contribution >= 4 is 6.09 Å². The van der Waals surface area contributed by atoms with E-state index in [1.54, 1.807) is 0 Å². The fraction of sp³-hybridized carbons (Fsp3) is 0.929. The van der Waals surface area contributed by atoms with Gasteiger partial charge in [-0.05, 0) is 39.5 Å². The van der Waals surface area contributed by atoms with Gasteiger partial charge in [-0.2, -0.15) is 0 Å². The van der Waals surface area contributed by atoms with Gasteiger partial charge in [-0.15, -0.1) is 0 Å². The molecule has 0 aromatic rings. The highest BCUT2D eigenvalue weighted by atomic mass is 16.6. The summed E-state index contributed by atoms with van der Waals surface area (Å²) in [5, 5.41) is 0. The molecule has 1 amide bonds. The van der Waals surface area contributed by atoms with E-state index in [9.17, 15) is 4.79 Å². The Morgan fingerprint density at radius 3 is 2.24 bits per heavy atom. The average molecular weight is 243 g/mol. The van der Waals surface area contributed by atoms with E-state index in [-0.39, 0.29) is 19.1 Å². The third-order valence-corrected chi connectivity index (χ3v) is 2.96. The fourth-order valence-corrected chi connectivity index (χ4v) is 2.14.